The Morgan fingerprint density at radius 3 is 2.57 bits per heavy atom. The van der Waals surface area contributed by atoms with Crippen LogP contribution < -0.4 is 5.32 Å². The lowest BCUT2D eigenvalue weighted by Crippen LogP contribution is -2.52. The average molecular weight is 293 g/mol. The number of hydrogen-bond acceptors (Lipinski definition) is 3. The molecular formula is C15H27N5O. The molecule has 1 aliphatic rings. The summed E-state index contributed by atoms with van der Waals surface area (Å²) >= 11 is 0. The first-order chi connectivity index (χ1) is 9.93. The number of aromatic nitrogens is 2. The Bertz CT molecular complexity index is 476. The number of carbonyl (C=O) groups excluding carboxylic acids is 1. The normalized spacial score (nSPS) is 17.2. The van der Waals surface area contributed by atoms with Crippen LogP contribution in [0.25, 0.3) is 0 Å². The van der Waals surface area contributed by atoms with E-state index in [1.807, 2.05) is 6.92 Å². The molecule has 0 aromatic carbocycles. The van der Waals surface area contributed by atoms with Crippen molar-refractivity contribution in [2.75, 3.05) is 27.7 Å². The van der Waals surface area contributed by atoms with E-state index in [-0.39, 0.29) is 11.6 Å². The summed E-state index contributed by atoms with van der Waals surface area (Å²) in [5, 5.41) is 3.08. The fraction of sp³-hybridized carbons (Fsp3) is 0.733. The number of aromatic amines is 1. The molecule has 21 heavy (non-hydrogen) atoms. The summed E-state index contributed by atoms with van der Waals surface area (Å²) in [5.74, 6) is 0.813. The van der Waals surface area contributed by atoms with Gasteiger partial charge in [-0.2, -0.15) is 0 Å². The number of imidazole rings is 1. The molecule has 2 rings (SSSR count). The van der Waals surface area contributed by atoms with Gasteiger partial charge in [0.2, 0.25) is 0 Å². The van der Waals surface area contributed by atoms with Crippen molar-refractivity contribution in [3.8, 4) is 0 Å². The first kappa shape index (κ1) is 15.8. The second kappa shape index (κ2) is 6.47. The third-order valence-electron chi connectivity index (χ3n) is 4.54. The summed E-state index contributed by atoms with van der Waals surface area (Å²) in [6.07, 6.45) is 6.58. The van der Waals surface area contributed by atoms with Crippen LogP contribution in [-0.2, 0) is 6.54 Å². The maximum atomic E-state index is 12.2. The van der Waals surface area contributed by atoms with Crippen molar-refractivity contribution in [1.29, 1.82) is 0 Å². The van der Waals surface area contributed by atoms with Gasteiger partial charge in [-0.3, -0.25) is 0 Å². The van der Waals surface area contributed by atoms with E-state index in [1.165, 1.54) is 12.8 Å². The monoisotopic (exact) mass is 293 g/mol. The molecule has 0 atom stereocenters. The Morgan fingerprint density at radius 2 is 2.05 bits per heavy atom. The van der Waals surface area contributed by atoms with Gasteiger partial charge in [-0.15, -0.1) is 0 Å². The largest absolute Gasteiger partial charge is 0.345 e. The summed E-state index contributed by atoms with van der Waals surface area (Å²) in [5.41, 5.74) is 1.13. The van der Waals surface area contributed by atoms with Crippen molar-refractivity contribution in [3.05, 3.63) is 17.7 Å². The lowest BCUT2D eigenvalue weighted by atomic mass is 9.96. The molecule has 1 saturated carbocycles. The number of carbonyl (C=O) groups is 1. The molecule has 1 fully saturated rings. The van der Waals surface area contributed by atoms with Crippen LogP contribution in [0.3, 0.4) is 0 Å². The Morgan fingerprint density at radius 1 is 1.38 bits per heavy atom. The lowest BCUT2D eigenvalue weighted by Gasteiger charge is -2.36. The molecule has 1 aliphatic carbocycles. The Hall–Kier alpha value is -1.56. The van der Waals surface area contributed by atoms with Gasteiger partial charge in [0.25, 0.3) is 0 Å². The molecule has 0 unspecified atom stereocenters. The molecule has 0 spiro atoms. The standard InChI is InChI=1S/C15H27N5O/c1-12-9-16-13(18-12)10-20(4)14(21)17-11-15(19(2)3)7-5-6-8-15/h9H,5-8,10-11H2,1-4H3,(H,16,18)(H,17,21). The zero-order valence-corrected chi connectivity index (χ0v) is 13.6. The minimum Gasteiger partial charge on any atom is -0.345 e. The van der Waals surface area contributed by atoms with E-state index in [0.29, 0.717) is 13.1 Å². The zero-order chi connectivity index (χ0) is 15.5. The van der Waals surface area contributed by atoms with Gasteiger partial charge in [-0.1, -0.05) is 12.8 Å². The first-order valence-electron chi connectivity index (χ1n) is 7.60. The molecule has 0 saturated heterocycles. The maximum Gasteiger partial charge on any atom is 0.317 e. The van der Waals surface area contributed by atoms with Crippen molar-refractivity contribution in [2.45, 2.75) is 44.7 Å². The molecule has 2 amide bonds. The van der Waals surface area contributed by atoms with E-state index in [2.05, 4.69) is 34.3 Å². The lowest BCUT2D eigenvalue weighted by molar-refractivity contribution is 0.148. The number of hydrogen-bond donors (Lipinski definition) is 2. The van der Waals surface area contributed by atoms with Crippen molar-refractivity contribution < 1.29 is 4.79 Å². The highest BCUT2D eigenvalue weighted by Crippen LogP contribution is 2.33. The van der Waals surface area contributed by atoms with Gasteiger partial charge in [0.05, 0.1) is 6.54 Å². The number of amides is 2. The third kappa shape index (κ3) is 3.75. The predicted molar refractivity (Wildman–Crippen MR) is 83.1 cm³/mol. The average Bonchev–Trinajstić information content (AvgIpc) is 3.06. The molecule has 0 aliphatic heterocycles. The molecular weight excluding hydrogens is 266 g/mol. The van der Waals surface area contributed by atoms with Crippen LogP contribution in [0.5, 0.6) is 0 Å². The highest BCUT2D eigenvalue weighted by Gasteiger charge is 2.36. The second-order valence-corrected chi connectivity index (χ2v) is 6.35. The summed E-state index contributed by atoms with van der Waals surface area (Å²) < 4.78 is 0. The summed E-state index contributed by atoms with van der Waals surface area (Å²) in [7, 11) is 6.00. The van der Waals surface area contributed by atoms with E-state index >= 15 is 0 Å². The summed E-state index contributed by atoms with van der Waals surface area (Å²) in [4.78, 5) is 23.5. The number of nitrogens with zero attached hydrogens (tertiary/aromatic N) is 3. The highest BCUT2D eigenvalue weighted by molar-refractivity contribution is 5.73. The summed E-state index contributed by atoms with van der Waals surface area (Å²) in [6, 6.07) is -0.0443. The van der Waals surface area contributed by atoms with Crippen molar-refractivity contribution in [2.24, 2.45) is 0 Å². The van der Waals surface area contributed by atoms with Gasteiger partial charge in [-0.25, -0.2) is 9.78 Å². The van der Waals surface area contributed by atoms with Crippen LogP contribution in [0.1, 0.15) is 37.2 Å². The smallest absolute Gasteiger partial charge is 0.317 e. The van der Waals surface area contributed by atoms with Crippen LogP contribution in [0.4, 0.5) is 4.79 Å². The molecule has 1 aromatic heterocycles. The number of urea groups is 1. The number of H-pyrrole nitrogens is 1. The minimum atomic E-state index is -0.0443. The van der Waals surface area contributed by atoms with Crippen LogP contribution >= 0.6 is 0 Å². The Kier molecular flexibility index (Phi) is 4.88. The van der Waals surface area contributed by atoms with Gasteiger partial charge >= 0.3 is 6.03 Å². The zero-order valence-electron chi connectivity index (χ0n) is 13.6. The van der Waals surface area contributed by atoms with Crippen LogP contribution in [-0.4, -0.2) is 59.0 Å². The van der Waals surface area contributed by atoms with Crippen molar-refractivity contribution in [1.82, 2.24) is 25.1 Å². The van der Waals surface area contributed by atoms with Crippen molar-refractivity contribution in [3.63, 3.8) is 0 Å². The summed E-state index contributed by atoms with van der Waals surface area (Å²) in [6.45, 7) is 3.16. The molecule has 118 valence electrons. The topological polar surface area (TPSA) is 64.3 Å². The third-order valence-corrected chi connectivity index (χ3v) is 4.54. The van der Waals surface area contributed by atoms with Crippen molar-refractivity contribution >= 4 is 6.03 Å². The minimum absolute atomic E-state index is 0.0443. The van der Waals surface area contributed by atoms with E-state index in [4.69, 9.17) is 0 Å². The van der Waals surface area contributed by atoms with Gasteiger partial charge in [0.1, 0.15) is 5.82 Å². The molecule has 1 heterocycles. The van der Waals surface area contributed by atoms with E-state index in [9.17, 15) is 4.79 Å². The van der Waals surface area contributed by atoms with Crippen LogP contribution in [0.2, 0.25) is 0 Å². The first-order valence-corrected chi connectivity index (χ1v) is 7.60. The fourth-order valence-corrected chi connectivity index (χ4v) is 3.03. The fourth-order valence-electron chi connectivity index (χ4n) is 3.03. The van der Waals surface area contributed by atoms with Gasteiger partial charge in [-0.05, 0) is 33.9 Å². The quantitative estimate of drug-likeness (QED) is 0.869. The second-order valence-electron chi connectivity index (χ2n) is 6.35. The van der Waals surface area contributed by atoms with E-state index in [1.54, 1.807) is 18.1 Å². The maximum absolute atomic E-state index is 12.2. The Labute approximate surface area is 126 Å². The molecule has 6 heteroatoms. The van der Waals surface area contributed by atoms with E-state index < -0.39 is 0 Å². The van der Waals surface area contributed by atoms with Crippen LogP contribution in [0, 0.1) is 6.92 Å². The van der Waals surface area contributed by atoms with Crippen LogP contribution in [0.15, 0.2) is 6.20 Å². The highest BCUT2D eigenvalue weighted by atomic mass is 16.2. The van der Waals surface area contributed by atoms with Gasteiger partial charge < -0.3 is 20.1 Å². The van der Waals surface area contributed by atoms with Gasteiger partial charge in [0.15, 0.2) is 0 Å². The molecule has 0 bridgehead atoms. The Balaban J connectivity index is 1.86. The van der Waals surface area contributed by atoms with E-state index in [0.717, 1.165) is 24.4 Å². The molecule has 2 N–H and O–H groups in total. The van der Waals surface area contributed by atoms with Gasteiger partial charge in [0, 0.05) is 31.0 Å². The number of aryl methyl sites for hydroxylation is 1. The SMILES string of the molecule is Cc1cnc(CN(C)C(=O)NCC2(N(C)C)CCCC2)[nH]1. The molecule has 0 radical (unpaired) electrons. The number of likely N-dealkylation sites (N-methyl/N-ethyl adjacent to an activating group) is 1. The number of rotatable bonds is 5. The molecule has 6 nitrogen and oxygen atoms in total. The molecule has 1 aromatic rings. The predicted octanol–water partition coefficient (Wildman–Crippen LogP) is 1.73. The number of nitrogens with one attached hydrogen (secondary N) is 2.